The minimum absolute atomic E-state index is 0.148. The Morgan fingerprint density at radius 1 is 1.54 bits per heavy atom. The third-order valence-corrected chi connectivity index (χ3v) is 2.59. The van der Waals surface area contributed by atoms with Crippen molar-refractivity contribution in [3.8, 4) is 5.75 Å². The Morgan fingerprint density at radius 2 is 2.38 bits per heavy atom. The Balaban J connectivity index is 2.30. The van der Waals surface area contributed by atoms with Crippen molar-refractivity contribution in [1.29, 1.82) is 0 Å². The first-order valence-corrected chi connectivity index (χ1v) is 4.82. The van der Waals surface area contributed by atoms with E-state index >= 15 is 0 Å². The lowest BCUT2D eigenvalue weighted by molar-refractivity contribution is 0.356. The molecule has 1 atom stereocenters. The molecular formula is C11H15NO. The minimum atomic E-state index is 0.148. The molecule has 1 unspecified atom stereocenters. The van der Waals surface area contributed by atoms with Crippen LogP contribution in [-0.2, 0) is 6.42 Å². The summed E-state index contributed by atoms with van der Waals surface area (Å²) < 4.78 is 5.48. The van der Waals surface area contributed by atoms with Crippen LogP contribution in [0.4, 0.5) is 0 Å². The summed E-state index contributed by atoms with van der Waals surface area (Å²) in [4.78, 5) is 0. The van der Waals surface area contributed by atoms with Crippen molar-refractivity contribution in [2.24, 2.45) is 5.73 Å². The van der Waals surface area contributed by atoms with Gasteiger partial charge in [0.2, 0.25) is 0 Å². The number of hydrogen-bond donors (Lipinski definition) is 1. The zero-order valence-corrected chi connectivity index (χ0v) is 7.92. The second-order valence-corrected chi connectivity index (χ2v) is 3.48. The normalized spacial score (nSPS) is 16.5. The summed E-state index contributed by atoms with van der Waals surface area (Å²) in [5, 5.41) is 0. The maximum absolute atomic E-state index is 5.93. The van der Waals surface area contributed by atoms with Gasteiger partial charge in [-0.1, -0.05) is 19.1 Å². The van der Waals surface area contributed by atoms with Crippen LogP contribution in [0.1, 0.15) is 30.5 Å². The maximum atomic E-state index is 5.93. The molecule has 13 heavy (non-hydrogen) atoms. The van der Waals surface area contributed by atoms with Crippen LogP contribution in [0.15, 0.2) is 18.2 Å². The molecule has 1 aromatic carbocycles. The van der Waals surface area contributed by atoms with Gasteiger partial charge in [0.25, 0.3) is 0 Å². The molecule has 70 valence electrons. The Bertz CT molecular complexity index is 309. The van der Waals surface area contributed by atoms with Crippen LogP contribution in [0.5, 0.6) is 5.75 Å². The fraction of sp³-hybridized carbons (Fsp3) is 0.455. The van der Waals surface area contributed by atoms with Crippen LogP contribution in [0.2, 0.25) is 0 Å². The predicted molar refractivity (Wildman–Crippen MR) is 52.9 cm³/mol. The van der Waals surface area contributed by atoms with E-state index in [1.807, 2.05) is 0 Å². The van der Waals surface area contributed by atoms with Crippen LogP contribution >= 0.6 is 0 Å². The molecule has 0 saturated carbocycles. The zero-order chi connectivity index (χ0) is 9.26. The molecule has 2 rings (SSSR count). The lowest BCUT2D eigenvalue weighted by Crippen LogP contribution is -2.08. The van der Waals surface area contributed by atoms with Crippen molar-refractivity contribution < 1.29 is 4.74 Å². The fourth-order valence-corrected chi connectivity index (χ4v) is 1.65. The van der Waals surface area contributed by atoms with Gasteiger partial charge in [0, 0.05) is 12.5 Å². The molecule has 0 bridgehead atoms. The molecule has 0 aliphatic carbocycles. The van der Waals surface area contributed by atoms with Gasteiger partial charge < -0.3 is 10.5 Å². The number of nitrogens with two attached hydrogens (primary N) is 1. The van der Waals surface area contributed by atoms with E-state index in [0.717, 1.165) is 25.2 Å². The largest absolute Gasteiger partial charge is 0.493 e. The Kier molecular flexibility index (Phi) is 2.23. The van der Waals surface area contributed by atoms with Crippen molar-refractivity contribution in [3.63, 3.8) is 0 Å². The van der Waals surface area contributed by atoms with Crippen molar-refractivity contribution in [3.05, 3.63) is 29.3 Å². The summed E-state index contributed by atoms with van der Waals surface area (Å²) in [6, 6.07) is 6.47. The van der Waals surface area contributed by atoms with Gasteiger partial charge in [-0.25, -0.2) is 0 Å². The lowest BCUT2D eigenvalue weighted by Gasteiger charge is -2.10. The highest BCUT2D eigenvalue weighted by Gasteiger charge is 2.13. The number of benzene rings is 1. The van der Waals surface area contributed by atoms with Crippen molar-refractivity contribution in [2.45, 2.75) is 25.8 Å². The van der Waals surface area contributed by atoms with Crippen molar-refractivity contribution in [1.82, 2.24) is 0 Å². The number of fused-ring (bicyclic) bond motifs is 1. The van der Waals surface area contributed by atoms with Gasteiger partial charge in [-0.3, -0.25) is 0 Å². The molecule has 0 aromatic heterocycles. The molecule has 1 heterocycles. The number of rotatable bonds is 2. The second kappa shape index (κ2) is 3.38. The highest BCUT2D eigenvalue weighted by Crippen LogP contribution is 2.28. The van der Waals surface area contributed by atoms with Gasteiger partial charge in [0.1, 0.15) is 5.75 Å². The van der Waals surface area contributed by atoms with E-state index in [9.17, 15) is 0 Å². The summed E-state index contributed by atoms with van der Waals surface area (Å²) in [7, 11) is 0. The van der Waals surface area contributed by atoms with Crippen molar-refractivity contribution in [2.75, 3.05) is 6.61 Å². The molecule has 2 nitrogen and oxygen atoms in total. The monoisotopic (exact) mass is 177 g/mol. The van der Waals surface area contributed by atoms with Gasteiger partial charge >= 0.3 is 0 Å². The van der Waals surface area contributed by atoms with E-state index < -0.39 is 0 Å². The minimum Gasteiger partial charge on any atom is -0.493 e. The van der Waals surface area contributed by atoms with Crippen molar-refractivity contribution >= 4 is 0 Å². The Morgan fingerprint density at radius 3 is 3.15 bits per heavy atom. The quantitative estimate of drug-likeness (QED) is 0.750. The smallest absolute Gasteiger partial charge is 0.122 e. The number of hydrogen-bond acceptors (Lipinski definition) is 2. The molecule has 2 heteroatoms. The summed E-state index contributed by atoms with van der Waals surface area (Å²) in [5.41, 5.74) is 8.43. The van der Waals surface area contributed by atoms with E-state index in [-0.39, 0.29) is 6.04 Å². The SMILES string of the molecule is CCC(N)c1ccc2c(c1)OCC2. The van der Waals surface area contributed by atoms with E-state index in [0.29, 0.717) is 0 Å². The topological polar surface area (TPSA) is 35.2 Å². The molecule has 0 radical (unpaired) electrons. The second-order valence-electron chi connectivity index (χ2n) is 3.48. The van der Waals surface area contributed by atoms with Crippen LogP contribution in [0, 0.1) is 0 Å². The van der Waals surface area contributed by atoms with E-state index in [1.54, 1.807) is 0 Å². The van der Waals surface area contributed by atoms with Gasteiger partial charge in [-0.05, 0) is 23.6 Å². The van der Waals surface area contributed by atoms with Crippen LogP contribution in [0.3, 0.4) is 0 Å². The molecule has 0 amide bonds. The molecule has 0 spiro atoms. The van der Waals surface area contributed by atoms with Gasteiger partial charge in [-0.2, -0.15) is 0 Å². The molecule has 0 saturated heterocycles. The lowest BCUT2D eigenvalue weighted by atomic mass is 10.0. The first-order chi connectivity index (χ1) is 6.31. The highest BCUT2D eigenvalue weighted by atomic mass is 16.5. The highest BCUT2D eigenvalue weighted by molar-refractivity contribution is 5.40. The van der Waals surface area contributed by atoms with Crippen LogP contribution in [0.25, 0.3) is 0 Å². The average molecular weight is 177 g/mol. The van der Waals surface area contributed by atoms with Crippen LogP contribution < -0.4 is 10.5 Å². The molecular weight excluding hydrogens is 162 g/mol. The summed E-state index contributed by atoms with van der Waals surface area (Å²) >= 11 is 0. The molecule has 0 fully saturated rings. The summed E-state index contributed by atoms with van der Waals surface area (Å²) in [6.07, 6.45) is 2.01. The summed E-state index contributed by atoms with van der Waals surface area (Å²) in [5.74, 6) is 1.03. The Labute approximate surface area is 78.7 Å². The maximum Gasteiger partial charge on any atom is 0.122 e. The van der Waals surface area contributed by atoms with E-state index in [2.05, 4.69) is 25.1 Å². The van der Waals surface area contributed by atoms with Gasteiger partial charge in [0.15, 0.2) is 0 Å². The Hall–Kier alpha value is -1.02. The molecule has 2 N–H and O–H groups in total. The number of ether oxygens (including phenoxy) is 1. The fourth-order valence-electron chi connectivity index (χ4n) is 1.65. The standard InChI is InChI=1S/C11H15NO/c1-2-10(12)9-4-3-8-5-6-13-11(8)7-9/h3-4,7,10H,2,5-6,12H2,1H3. The van der Waals surface area contributed by atoms with E-state index in [1.165, 1.54) is 11.1 Å². The molecule has 1 aromatic rings. The van der Waals surface area contributed by atoms with Gasteiger partial charge in [-0.15, -0.1) is 0 Å². The zero-order valence-electron chi connectivity index (χ0n) is 7.92. The molecule has 1 aliphatic rings. The third-order valence-electron chi connectivity index (χ3n) is 2.59. The molecule has 1 aliphatic heterocycles. The van der Waals surface area contributed by atoms with E-state index in [4.69, 9.17) is 10.5 Å². The first kappa shape index (κ1) is 8.57. The first-order valence-electron chi connectivity index (χ1n) is 4.82. The third kappa shape index (κ3) is 1.54. The summed E-state index contributed by atoms with van der Waals surface area (Å²) in [6.45, 7) is 2.92. The average Bonchev–Trinajstić information content (AvgIpc) is 2.63. The van der Waals surface area contributed by atoms with Crippen LogP contribution in [-0.4, -0.2) is 6.61 Å². The predicted octanol–water partition coefficient (Wildman–Crippen LogP) is 2.03. The van der Waals surface area contributed by atoms with Gasteiger partial charge in [0.05, 0.1) is 6.61 Å².